The van der Waals surface area contributed by atoms with Gasteiger partial charge in [0.25, 0.3) is 11.5 Å². The average Bonchev–Trinajstić information content (AvgIpc) is 3.00. The summed E-state index contributed by atoms with van der Waals surface area (Å²) in [6, 6.07) is 8.66. The number of nitrogens with one attached hydrogen (secondary N) is 1. The van der Waals surface area contributed by atoms with Crippen LogP contribution in [0.1, 0.15) is 12.5 Å². The summed E-state index contributed by atoms with van der Waals surface area (Å²) in [5, 5.41) is 8.44. The summed E-state index contributed by atoms with van der Waals surface area (Å²) in [5.41, 5.74) is 3.59. The lowest BCUT2D eigenvalue weighted by Crippen LogP contribution is -2.29. The van der Waals surface area contributed by atoms with Crippen molar-refractivity contribution in [3.05, 3.63) is 66.2 Å². The summed E-state index contributed by atoms with van der Waals surface area (Å²) < 4.78 is 3.97. The van der Waals surface area contributed by atoms with E-state index in [-0.39, 0.29) is 0 Å². The Kier molecular flexibility index (Phi) is 8.20. The fraction of sp³-hybridized carbons (Fsp3) is 0.333. The van der Waals surface area contributed by atoms with Crippen LogP contribution in [0.15, 0.2) is 65.8 Å². The molecule has 0 aliphatic rings. The summed E-state index contributed by atoms with van der Waals surface area (Å²) in [7, 11) is 8.04. The summed E-state index contributed by atoms with van der Waals surface area (Å²) in [5.74, 6) is 1.01. The number of thioether (sulfide) groups is 1. The number of aryl methyl sites for hydroxylation is 2. The van der Waals surface area contributed by atoms with Crippen molar-refractivity contribution in [1.82, 2.24) is 15.1 Å². The first-order valence-corrected chi connectivity index (χ1v) is 10.0. The standard InChI is InChI=1S/C21H30N5S/c1-6-18(13-14-22-2)7-8-19-9-11-20(12-10-19)24(3)15-16-27-21-25(4)17-23-26(21)5/h6-14,17,22H,15-16H2,1-5H3/q+1/b8-7+,14-13-,18-6-. The Labute approximate surface area is 167 Å². The third kappa shape index (κ3) is 6.32. The number of nitrogens with zero attached hydrogens (tertiary/aromatic N) is 4. The number of allylic oxidation sites excluding steroid dienone is 4. The van der Waals surface area contributed by atoms with Gasteiger partial charge in [-0.15, -0.1) is 4.68 Å². The maximum atomic E-state index is 4.26. The minimum absolute atomic E-state index is 0.975. The second-order valence-corrected chi connectivity index (χ2v) is 7.32. The second-order valence-electron chi connectivity index (χ2n) is 6.25. The molecular weight excluding hydrogens is 354 g/mol. The highest BCUT2D eigenvalue weighted by Gasteiger charge is 2.13. The molecule has 2 aromatic rings. The molecule has 0 saturated heterocycles. The number of hydrogen-bond donors (Lipinski definition) is 1. The Morgan fingerprint density at radius 1 is 1.30 bits per heavy atom. The Morgan fingerprint density at radius 2 is 2.04 bits per heavy atom. The molecule has 0 unspecified atom stereocenters. The lowest BCUT2D eigenvalue weighted by Gasteiger charge is -2.18. The van der Waals surface area contributed by atoms with Crippen LogP contribution in [0.2, 0.25) is 0 Å². The molecule has 0 aliphatic heterocycles. The Balaban J connectivity index is 1.89. The minimum atomic E-state index is 0.975. The highest BCUT2D eigenvalue weighted by molar-refractivity contribution is 7.99. The SMILES string of the molecule is C/C=C(\C=C/NC)/C=C/c1ccc(N(C)CCSc2n(C)nc[n+]2C)cc1. The maximum absolute atomic E-state index is 4.26. The van der Waals surface area contributed by atoms with Crippen molar-refractivity contribution in [3.8, 4) is 0 Å². The predicted molar refractivity (Wildman–Crippen MR) is 116 cm³/mol. The van der Waals surface area contributed by atoms with Gasteiger partial charge in [0.2, 0.25) is 0 Å². The lowest BCUT2D eigenvalue weighted by atomic mass is 10.1. The number of hydrogen-bond acceptors (Lipinski definition) is 4. The van der Waals surface area contributed by atoms with Gasteiger partial charge in [-0.1, -0.05) is 42.1 Å². The first-order chi connectivity index (χ1) is 13.0. The van der Waals surface area contributed by atoms with Crippen LogP contribution >= 0.6 is 11.8 Å². The summed E-state index contributed by atoms with van der Waals surface area (Å²) in [4.78, 5) is 2.28. The van der Waals surface area contributed by atoms with Crippen LogP contribution in [0.5, 0.6) is 0 Å². The van der Waals surface area contributed by atoms with Crippen LogP contribution in [-0.2, 0) is 14.1 Å². The molecule has 0 amide bonds. The monoisotopic (exact) mass is 384 g/mol. The molecule has 5 nitrogen and oxygen atoms in total. The van der Waals surface area contributed by atoms with Crippen molar-refractivity contribution in [2.45, 2.75) is 12.1 Å². The third-order valence-electron chi connectivity index (χ3n) is 4.21. The lowest BCUT2D eigenvalue weighted by molar-refractivity contribution is -0.710. The molecule has 0 saturated carbocycles. The van der Waals surface area contributed by atoms with Gasteiger partial charge in [0.05, 0.1) is 14.1 Å². The van der Waals surface area contributed by atoms with Gasteiger partial charge in [0.15, 0.2) is 0 Å². The van der Waals surface area contributed by atoms with Crippen LogP contribution in [0, 0.1) is 0 Å². The van der Waals surface area contributed by atoms with Gasteiger partial charge in [-0.25, -0.2) is 4.57 Å². The van der Waals surface area contributed by atoms with E-state index in [1.54, 1.807) is 0 Å². The molecule has 2 rings (SSSR count). The van der Waals surface area contributed by atoms with E-state index < -0.39 is 0 Å². The second kappa shape index (κ2) is 10.6. The van der Waals surface area contributed by atoms with E-state index in [1.165, 1.54) is 16.8 Å². The predicted octanol–water partition coefficient (Wildman–Crippen LogP) is 3.17. The van der Waals surface area contributed by atoms with Crippen molar-refractivity contribution < 1.29 is 4.57 Å². The average molecular weight is 385 g/mol. The zero-order chi connectivity index (χ0) is 19.6. The molecule has 1 heterocycles. The molecule has 0 fully saturated rings. The van der Waals surface area contributed by atoms with Crippen LogP contribution in [0.25, 0.3) is 6.08 Å². The van der Waals surface area contributed by atoms with E-state index in [2.05, 4.69) is 75.5 Å². The normalized spacial score (nSPS) is 12.3. The molecular formula is C21H30N5S+. The Morgan fingerprint density at radius 3 is 2.63 bits per heavy atom. The first kappa shape index (κ1) is 20.8. The smallest absolute Gasteiger partial charge is 0.295 e. The summed E-state index contributed by atoms with van der Waals surface area (Å²) in [6.07, 6.45) is 12.2. The van der Waals surface area contributed by atoms with Gasteiger partial charge < -0.3 is 10.2 Å². The quantitative estimate of drug-likeness (QED) is 0.409. The zero-order valence-electron chi connectivity index (χ0n) is 16.9. The highest BCUT2D eigenvalue weighted by atomic mass is 32.2. The largest absolute Gasteiger partial charge is 0.394 e. The topological polar surface area (TPSA) is 37.0 Å². The van der Waals surface area contributed by atoms with Crippen LogP contribution in [0.3, 0.4) is 0 Å². The fourth-order valence-corrected chi connectivity index (χ4v) is 3.57. The number of rotatable bonds is 9. The Hall–Kier alpha value is -2.47. The summed E-state index contributed by atoms with van der Waals surface area (Å²) >= 11 is 1.82. The number of aromatic nitrogens is 3. The highest BCUT2D eigenvalue weighted by Crippen LogP contribution is 2.17. The molecule has 144 valence electrons. The van der Waals surface area contributed by atoms with Gasteiger partial charge in [0.1, 0.15) is 0 Å². The molecule has 0 aliphatic carbocycles. The van der Waals surface area contributed by atoms with Crippen molar-refractivity contribution in [1.29, 1.82) is 0 Å². The number of anilines is 1. The van der Waals surface area contributed by atoms with Gasteiger partial charge in [0, 0.05) is 37.2 Å². The van der Waals surface area contributed by atoms with Gasteiger partial charge in [-0.2, -0.15) is 0 Å². The molecule has 0 radical (unpaired) electrons. The van der Waals surface area contributed by atoms with E-state index in [0.29, 0.717) is 0 Å². The van der Waals surface area contributed by atoms with E-state index >= 15 is 0 Å². The molecule has 1 aromatic carbocycles. The van der Waals surface area contributed by atoms with E-state index in [0.717, 1.165) is 17.5 Å². The van der Waals surface area contributed by atoms with Crippen LogP contribution in [0.4, 0.5) is 5.69 Å². The molecule has 27 heavy (non-hydrogen) atoms. The third-order valence-corrected chi connectivity index (χ3v) is 5.41. The van der Waals surface area contributed by atoms with Gasteiger partial charge in [-0.3, -0.25) is 0 Å². The molecule has 0 bridgehead atoms. The molecule has 1 aromatic heterocycles. The van der Waals surface area contributed by atoms with Crippen molar-refractivity contribution >= 4 is 23.5 Å². The Bertz CT molecular complexity index is 783. The maximum Gasteiger partial charge on any atom is 0.295 e. The van der Waals surface area contributed by atoms with Crippen molar-refractivity contribution in [3.63, 3.8) is 0 Å². The van der Waals surface area contributed by atoms with E-state index in [1.807, 2.05) is 57.0 Å². The fourth-order valence-electron chi connectivity index (χ4n) is 2.54. The molecule has 6 heteroatoms. The van der Waals surface area contributed by atoms with E-state index in [4.69, 9.17) is 0 Å². The van der Waals surface area contributed by atoms with Gasteiger partial charge >= 0.3 is 0 Å². The molecule has 1 N–H and O–H groups in total. The van der Waals surface area contributed by atoms with Crippen LogP contribution < -0.4 is 14.8 Å². The van der Waals surface area contributed by atoms with Crippen molar-refractivity contribution in [2.24, 2.45) is 14.1 Å². The zero-order valence-corrected chi connectivity index (χ0v) is 17.7. The van der Waals surface area contributed by atoms with Crippen LogP contribution in [-0.4, -0.2) is 36.2 Å². The molecule has 0 atom stereocenters. The van der Waals surface area contributed by atoms with Gasteiger partial charge in [-0.05, 0) is 42.5 Å². The molecule has 0 spiro atoms. The summed E-state index contributed by atoms with van der Waals surface area (Å²) in [6.45, 7) is 3.02. The number of benzene rings is 1. The van der Waals surface area contributed by atoms with Crippen molar-refractivity contribution in [2.75, 3.05) is 31.3 Å². The first-order valence-electron chi connectivity index (χ1n) is 9.05. The minimum Gasteiger partial charge on any atom is -0.394 e. The van der Waals surface area contributed by atoms with E-state index in [9.17, 15) is 0 Å².